The monoisotopic (exact) mass is 221 g/mol. The quantitative estimate of drug-likeness (QED) is 0.738. The minimum Gasteiger partial charge on any atom is -0.468 e. The third-order valence-corrected chi connectivity index (χ3v) is 3.48. The van der Waals surface area contributed by atoms with Crippen molar-refractivity contribution in [3.63, 3.8) is 0 Å². The van der Waals surface area contributed by atoms with E-state index in [9.17, 15) is 4.79 Å². The van der Waals surface area contributed by atoms with Gasteiger partial charge in [0, 0.05) is 10.6 Å². The number of nitrogens with one attached hydrogen (secondary N) is 1. The lowest BCUT2D eigenvalue weighted by atomic mass is 10.2. The number of para-hydroxylation sites is 1. The van der Waals surface area contributed by atoms with Crippen LogP contribution in [0.5, 0.6) is 0 Å². The molecule has 1 aliphatic rings. The summed E-state index contributed by atoms with van der Waals surface area (Å²) < 4.78 is 4.71. The number of anilines is 1. The number of methoxy groups -OCH3 is 1. The summed E-state index contributed by atoms with van der Waals surface area (Å²) in [6.07, 6.45) is 0. The van der Waals surface area contributed by atoms with E-state index in [2.05, 4.69) is 11.9 Å². The average molecular weight is 221 g/mol. The van der Waals surface area contributed by atoms with Crippen molar-refractivity contribution < 1.29 is 9.53 Å². The van der Waals surface area contributed by atoms with Gasteiger partial charge in [0.2, 0.25) is 0 Å². The SMILES string of the molecule is C=C1Nc2ccccc2S[C@@H]1C(=O)OC. The number of hydrogen-bond acceptors (Lipinski definition) is 4. The van der Waals surface area contributed by atoms with Gasteiger partial charge in [-0.2, -0.15) is 0 Å². The van der Waals surface area contributed by atoms with Gasteiger partial charge in [0.1, 0.15) is 5.25 Å². The predicted octanol–water partition coefficient (Wildman–Crippen LogP) is 2.26. The van der Waals surface area contributed by atoms with Crippen molar-refractivity contribution in [2.75, 3.05) is 12.4 Å². The molecule has 1 aliphatic heterocycles. The number of ether oxygens (including phenoxy) is 1. The molecule has 4 heteroatoms. The Morgan fingerprint density at radius 1 is 1.53 bits per heavy atom. The van der Waals surface area contributed by atoms with Crippen LogP contribution in [0.1, 0.15) is 0 Å². The molecule has 0 aliphatic carbocycles. The van der Waals surface area contributed by atoms with Crippen LogP contribution in [0.15, 0.2) is 41.4 Å². The Kier molecular flexibility index (Phi) is 2.68. The normalized spacial score (nSPS) is 19.0. The second-order valence-electron chi connectivity index (χ2n) is 3.17. The molecule has 0 spiro atoms. The highest BCUT2D eigenvalue weighted by Crippen LogP contribution is 2.38. The zero-order chi connectivity index (χ0) is 10.8. The number of rotatable bonds is 1. The van der Waals surface area contributed by atoms with Crippen molar-refractivity contribution in [2.24, 2.45) is 0 Å². The largest absolute Gasteiger partial charge is 0.468 e. The number of carbonyl (C=O) groups is 1. The molecule has 0 aromatic heterocycles. The molecule has 0 bridgehead atoms. The number of hydrogen-bond donors (Lipinski definition) is 1. The molecule has 0 unspecified atom stereocenters. The van der Waals surface area contributed by atoms with E-state index in [-0.39, 0.29) is 11.2 Å². The Morgan fingerprint density at radius 2 is 2.27 bits per heavy atom. The Morgan fingerprint density at radius 3 is 3.00 bits per heavy atom. The molecule has 1 heterocycles. The molecule has 0 amide bonds. The van der Waals surface area contributed by atoms with E-state index in [4.69, 9.17) is 4.74 Å². The lowest BCUT2D eigenvalue weighted by Crippen LogP contribution is -2.27. The summed E-state index contributed by atoms with van der Waals surface area (Å²) in [7, 11) is 1.39. The third-order valence-electron chi connectivity index (χ3n) is 2.16. The molecule has 3 nitrogen and oxygen atoms in total. The fourth-order valence-corrected chi connectivity index (χ4v) is 2.46. The van der Waals surface area contributed by atoms with Gasteiger partial charge in [0.25, 0.3) is 0 Å². The van der Waals surface area contributed by atoms with Gasteiger partial charge >= 0.3 is 5.97 Å². The van der Waals surface area contributed by atoms with E-state index in [1.807, 2.05) is 24.3 Å². The lowest BCUT2D eigenvalue weighted by molar-refractivity contribution is -0.139. The van der Waals surface area contributed by atoms with Crippen molar-refractivity contribution >= 4 is 23.4 Å². The highest BCUT2D eigenvalue weighted by atomic mass is 32.2. The predicted molar refractivity (Wildman–Crippen MR) is 60.9 cm³/mol. The highest BCUT2D eigenvalue weighted by molar-refractivity contribution is 8.01. The molecule has 0 radical (unpaired) electrons. The fraction of sp³-hybridized carbons (Fsp3) is 0.182. The summed E-state index contributed by atoms with van der Waals surface area (Å²) in [5, 5.41) is 2.75. The summed E-state index contributed by atoms with van der Waals surface area (Å²) in [5.74, 6) is -0.271. The Hall–Kier alpha value is -1.42. The zero-order valence-electron chi connectivity index (χ0n) is 8.32. The first kappa shape index (κ1) is 10.1. The Balaban J connectivity index is 2.29. The zero-order valence-corrected chi connectivity index (χ0v) is 9.14. The van der Waals surface area contributed by atoms with E-state index in [0.717, 1.165) is 10.6 Å². The number of thioether (sulfide) groups is 1. The molecule has 15 heavy (non-hydrogen) atoms. The summed E-state index contributed by atoms with van der Waals surface area (Å²) in [4.78, 5) is 12.5. The molecule has 1 aromatic rings. The van der Waals surface area contributed by atoms with Crippen molar-refractivity contribution in [3.8, 4) is 0 Å². The molecular weight excluding hydrogens is 210 g/mol. The molecule has 0 fully saturated rings. The third kappa shape index (κ3) is 1.85. The van der Waals surface area contributed by atoms with Gasteiger partial charge in [-0.15, -0.1) is 11.8 Å². The van der Waals surface area contributed by atoms with Crippen LogP contribution in [-0.2, 0) is 9.53 Å². The van der Waals surface area contributed by atoms with Crippen LogP contribution in [0.2, 0.25) is 0 Å². The van der Waals surface area contributed by atoms with Gasteiger partial charge < -0.3 is 10.1 Å². The molecule has 1 atom stereocenters. The van der Waals surface area contributed by atoms with Crippen LogP contribution < -0.4 is 5.32 Å². The van der Waals surface area contributed by atoms with Gasteiger partial charge in [-0.1, -0.05) is 18.7 Å². The first-order chi connectivity index (χ1) is 7.22. The number of esters is 1. The smallest absolute Gasteiger partial charge is 0.325 e. The summed E-state index contributed by atoms with van der Waals surface area (Å²) in [6.45, 7) is 3.83. The van der Waals surface area contributed by atoms with Crippen LogP contribution in [0.4, 0.5) is 5.69 Å². The maximum Gasteiger partial charge on any atom is 0.325 e. The van der Waals surface area contributed by atoms with Crippen molar-refractivity contribution in [1.29, 1.82) is 0 Å². The second-order valence-corrected chi connectivity index (χ2v) is 4.31. The van der Waals surface area contributed by atoms with Crippen molar-refractivity contribution in [3.05, 3.63) is 36.5 Å². The van der Waals surface area contributed by atoms with Crippen LogP contribution in [-0.4, -0.2) is 18.3 Å². The maximum atomic E-state index is 11.4. The Labute approximate surface area is 92.5 Å². The first-order valence-corrected chi connectivity index (χ1v) is 5.39. The van der Waals surface area contributed by atoms with Crippen molar-refractivity contribution in [1.82, 2.24) is 0 Å². The van der Waals surface area contributed by atoms with Gasteiger partial charge in [0.15, 0.2) is 0 Å². The number of carbonyl (C=O) groups excluding carboxylic acids is 1. The van der Waals surface area contributed by atoms with E-state index in [1.165, 1.54) is 18.9 Å². The molecular formula is C11H11NO2S. The number of fused-ring (bicyclic) bond motifs is 1. The number of benzene rings is 1. The van der Waals surface area contributed by atoms with Gasteiger partial charge in [-0.25, -0.2) is 0 Å². The minimum atomic E-state index is -0.357. The summed E-state index contributed by atoms with van der Waals surface area (Å²) in [6, 6.07) is 7.81. The van der Waals surface area contributed by atoms with Crippen LogP contribution >= 0.6 is 11.8 Å². The van der Waals surface area contributed by atoms with E-state index in [1.54, 1.807) is 0 Å². The van der Waals surface area contributed by atoms with Crippen LogP contribution in [0.3, 0.4) is 0 Å². The standard InChI is InChI=1S/C11H11NO2S/c1-7-10(11(13)14-2)15-9-6-4-3-5-8(9)12-7/h3-6,10,12H,1H2,2H3/t10-/m0/s1. The Bertz CT molecular complexity index is 417. The minimum absolute atomic E-state index is 0.271. The topological polar surface area (TPSA) is 38.3 Å². The molecule has 2 rings (SSSR count). The van der Waals surface area contributed by atoms with E-state index >= 15 is 0 Å². The molecule has 78 valence electrons. The van der Waals surface area contributed by atoms with Crippen LogP contribution in [0.25, 0.3) is 0 Å². The highest BCUT2D eigenvalue weighted by Gasteiger charge is 2.28. The second kappa shape index (κ2) is 3.98. The molecule has 1 aromatic carbocycles. The van der Waals surface area contributed by atoms with Crippen LogP contribution in [0, 0.1) is 0 Å². The fourth-order valence-electron chi connectivity index (χ4n) is 1.41. The summed E-state index contributed by atoms with van der Waals surface area (Å²) >= 11 is 1.46. The summed E-state index contributed by atoms with van der Waals surface area (Å²) in [5.41, 5.74) is 1.67. The van der Waals surface area contributed by atoms with Gasteiger partial charge in [0.05, 0.1) is 12.8 Å². The van der Waals surface area contributed by atoms with Crippen molar-refractivity contribution in [2.45, 2.75) is 10.1 Å². The molecule has 1 N–H and O–H groups in total. The molecule has 0 saturated heterocycles. The van der Waals surface area contributed by atoms with Gasteiger partial charge in [-0.3, -0.25) is 4.79 Å². The maximum absolute atomic E-state index is 11.4. The van der Waals surface area contributed by atoms with E-state index in [0.29, 0.717) is 5.70 Å². The van der Waals surface area contributed by atoms with E-state index < -0.39 is 0 Å². The molecule has 0 saturated carbocycles. The first-order valence-electron chi connectivity index (χ1n) is 4.51. The van der Waals surface area contributed by atoms with Gasteiger partial charge in [-0.05, 0) is 12.1 Å². The lowest BCUT2D eigenvalue weighted by Gasteiger charge is -2.25. The average Bonchev–Trinajstić information content (AvgIpc) is 2.27.